The van der Waals surface area contributed by atoms with Gasteiger partial charge in [-0.15, -0.1) is 11.8 Å². The standard InChI is InChI=1S/C102H145FN18O22S/c1-15-17-29-77-91(134)110-69(44-57(3)4)89(132)115-75(86(104)129)55-144-56-83(124)107-72(46-59-34-36-62(103)37-35-59)96(139)119-42-24-23-32-78(119)93(136)114-74(50-84(125)126)97(140)120-43-25-33-79(120)92(135)109-67(38-39-82(123)101(7,8)9)87(130)112-71(45-58(5)6)98(141)121-53-63(122)49-81(121)94(137)111-70(47-60-51-106-66-28-21-19-26-64(60)66)90(133)108-68(40-41-105-100(143)102(10,11)12)88(131)113-73(95(138)117(14)80(30-18-16-2)99(142)116(77)13)48-61-52-118(54-85(127)128)76-31-22-20-27-65(61)76/h19-22,26-28,31,34-37,51-52,57-58,63,67-75,77-81,106,122H,15-18,23-25,29-30,32-33,38-50,53-56H2,1-14H3,(H2,104,129)(H,105,143)(H,107,124)(H,108,133)(H,109,135)(H,110,134)(H,111,137)(H,112,130)(H,113,131)(H,114,136)(H,115,132)(H,125,126)(H,127,128)/t63-,67+,68+,69+,70+,71+,72+,73+,74+,75+,77+,78+,79+,80+,81+/m1/s1. The highest BCUT2D eigenvalue weighted by Crippen LogP contribution is 2.31. The lowest BCUT2D eigenvalue weighted by Crippen LogP contribution is -2.61. The van der Waals surface area contributed by atoms with Gasteiger partial charge in [0.05, 0.1) is 18.3 Å². The van der Waals surface area contributed by atoms with Crippen LogP contribution in [-0.2, 0) is 117 Å². The normalized spacial score (nSPS) is 24.7. The lowest BCUT2D eigenvalue weighted by molar-refractivity contribution is -0.149. The molecule has 0 spiro atoms. The lowest BCUT2D eigenvalue weighted by Gasteiger charge is -2.38. The summed E-state index contributed by atoms with van der Waals surface area (Å²) < 4.78 is 15.9. The summed E-state index contributed by atoms with van der Waals surface area (Å²) in [5, 5.41) is 60.8. The maximum Gasteiger partial charge on any atom is 0.323 e. The second kappa shape index (κ2) is 52.6. The molecule has 788 valence electrons. The highest BCUT2D eigenvalue weighted by molar-refractivity contribution is 8.00. The summed E-state index contributed by atoms with van der Waals surface area (Å²) in [5.41, 5.74) is 6.16. The van der Waals surface area contributed by atoms with Crippen molar-refractivity contribution in [3.05, 3.63) is 108 Å². The van der Waals surface area contributed by atoms with Crippen LogP contribution in [0, 0.1) is 28.5 Å². The average molecular weight is 2030 g/mol. The number of primary amides is 1. The van der Waals surface area contributed by atoms with Gasteiger partial charge in [0.1, 0.15) is 103 Å². The van der Waals surface area contributed by atoms with Crippen molar-refractivity contribution < 1.29 is 111 Å². The van der Waals surface area contributed by atoms with E-state index in [9.17, 15) is 58.1 Å². The van der Waals surface area contributed by atoms with Gasteiger partial charge in [-0.1, -0.05) is 157 Å². The van der Waals surface area contributed by atoms with Gasteiger partial charge in [-0.2, -0.15) is 0 Å². The summed E-state index contributed by atoms with van der Waals surface area (Å²) in [6.07, 6.45) is 0.144. The largest absolute Gasteiger partial charge is 0.481 e. The fourth-order valence-corrected chi connectivity index (χ4v) is 19.5. The zero-order valence-electron chi connectivity index (χ0n) is 84.8. The number of carboxylic acids is 2. The van der Waals surface area contributed by atoms with Crippen molar-refractivity contribution in [1.82, 2.24) is 87.2 Å². The minimum atomic E-state index is -1.90. The third kappa shape index (κ3) is 31.8. The third-order valence-electron chi connectivity index (χ3n) is 26.6. The maximum atomic E-state index is 16.2. The molecule has 0 saturated carbocycles. The van der Waals surface area contributed by atoms with Gasteiger partial charge in [0.2, 0.25) is 94.5 Å². The van der Waals surface area contributed by atoms with Crippen LogP contribution >= 0.6 is 11.8 Å². The molecule has 15 atom stereocenters. The second-order valence-electron chi connectivity index (χ2n) is 41.0. The van der Waals surface area contributed by atoms with E-state index < -0.39 is 271 Å². The molecule has 16 N–H and O–H groups in total. The van der Waals surface area contributed by atoms with E-state index in [2.05, 4.69) is 58.2 Å². The lowest BCUT2D eigenvalue weighted by atomic mass is 9.87. The number of rotatable bonds is 27. The Kier molecular flexibility index (Phi) is 41.9. The van der Waals surface area contributed by atoms with E-state index in [0.717, 1.165) is 38.6 Å². The number of carbonyl (C=O) groups excluding carboxylic acids is 17. The van der Waals surface area contributed by atoms with Crippen LogP contribution in [-0.4, -0.2) is 304 Å². The van der Waals surface area contributed by atoms with Crippen molar-refractivity contribution in [3.63, 3.8) is 0 Å². The topological polar surface area (TPSA) is 568 Å². The quantitative estimate of drug-likeness (QED) is 0.0355. The summed E-state index contributed by atoms with van der Waals surface area (Å²) in [4.78, 5) is 290. The molecule has 4 aliphatic rings. The first-order valence-electron chi connectivity index (χ1n) is 49.8. The number of hydrogen-bond acceptors (Lipinski definition) is 21. The van der Waals surface area contributed by atoms with Crippen molar-refractivity contribution in [3.8, 4) is 0 Å². The van der Waals surface area contributed by atoms with E-state index in [1.807, 2.05) is 13.8 Å². The number of para-hydroxylation sites is 2. The molecule has 0 unspecified atom stereocenters. The first-order chi connectivity index (χ1) is 68.0. The number of unbranched alkanes of at least 4 members (excludes halogenated alkanes) is 2. The number of H-pyrrole nitrogens is 1. The number of thioether (sulfide) groups is 1. The number of fused-ring (bicyclic) bond motifs is 5. The van der Waals surface area contributed by atoms with Gasteiger partial charge >= 0.3 is 11.9 Å². The smallest absolute Gasteiger partial charge is 0.323 e. The zero-order chi connectivity index (χ0) is 106. The van der Waals surface area contributed by atoms with E-state index in [1.54, 1.807) is 124 Å². The predicted octanol–water partition coefficient (Wildman–Crippen LogP) is 3.85. The van der Waals surface area contributed by atoms with E-state index >= 15 is 52.7 Å². The number of aliphatic hydroxyl groups is 1. The number of aromatic nitrogens is 2. The molecule has 3 aromatic carbocycles. The number of aliphatic hydroxyl groups excluding tert-OH is 1. The van der Waals surface area contributed by atoms with Gasteiger partial charge in [0.25, 0.3) is 0 Å². The minimum Gasteiger partial charge on any atom is -0.481 e. The van der Waals surface area contributed by atoms with Gasteiger partial charge in [-0.05, 0) is 123 Å². The number of benzene rings is 3. The molecule has 5 aromatic rings. The number of halogens is 1. The average Bonchev–Trinajstić information content (AvgIpc) is 1.61. The fraction of sp³-hybridized carbons (Fsp3) is 0.598. The number of amides is 16. The van der Waals surface area contributed by atoms with E-state index in [0.29, 0.717) is 77.0 Å². The number of piperidine rings is 1. The summed E-state index contributed by atoms with van der Waals surface area (Å²) >= 11 is 0.812. The number of ketones is 1. The molecule has 4 aliphatic heterocycles. The van der Waals surface area contributed by atoms with Crippen molar-refractivity contribution in [2.24, 2.45) is 28.4 Å². The Labute approximate surface area is 842 Å². The highest BCUT2D eigenvalue weighted by atomic mass is 32.2. The van der Waals surface area contributed by atoms with Gasteiger partial charge in [0.15, 0.2) is 0 Å². The predicted molar refractivity (Wildman–Crippen MR) is 534 cm³/mol. The van der Waals surface area contributed by atoms with Crippen LogP contribution in [0.5, 0.6) is 0 Å². The summed E-state index contributed by atoms with van der Waals surface area (Å²) in [6, 6.07) is -3.29. The number of likely N-dealkylation sites (N-methyl/N-ethyl adjacent to an activating group) is 2. The van der Waals surface area contributed by atoms with Crippen LogP contribution in [0.4, 0.5) is 4.39 Å². The maximum absolute atomic E-state index is 16.2. The SMILES string of the molecule is CCCC[C@H]1C(=O)N(C)[C@@H](CCCC)C(=O)N[C@@H](CC(C)C)C(=O)N[C@H](C(N)=O)CSCC(=O)N[C@@H](Cc2ccc(F)cc2)C(=O)N2CCCC[C@H]2C(=O)N[C@@H](CC(=O)O)C(=O)N2CCC[C@H]2C(=O)N[C@@H](CCC(=O)C(C)(C)C)C(=O)N[C@@H](CC(C)C)C(=O)N2C[C@H](O)C[C@H]2C(=O)N[C@@H](Cc2c[nH]c3ccccc23)C(=O)N[C@@H](CCNC(=O)C(C)(C)C)C(=O)N[C@@H](Cc2cn(CC(=O)O)c3ccccc23)C(=O)N1C. The van der Waals surface area contributed by atoms with Crippen LogP contribution in [0.3, 0.4) is 0 Å². The Morgan fingerprint density at radius 2 is 1.03 bits per heavy atom. The molecule has 144 heavy (non-hydrogen) atoms. The molecular formula is C102H145FN18O22S. The fourth-order valence-electron chi connectivity index (χ4n) is 18.6. The Balaban J connectivity index is 1.15. The Morgan fingerprint density at radius 1 is 0.514 bits per heavy atom. The number of carboxylic acid groups (broad SMARTS) is 2. The second-order valence-corrected chi connectivity index (χ2v) is 42.1. The first kappa shape index (κ1) is 115. The van der Waals surface area contributed by atoms with Gasteiger partial charge < -0.3 is 108 Å². The van der Waals surface area contributed by atoms with E-state index in [-0.39, 0.29) is 101 Å². The monoisotopic (exact) mass is 2030 g/mol. The van der Waals surface area contributed by atoms with Crippen LogP contribution in [0.1, 0.15) is 215 Å². The molecule has 0 bridgehead atoms. The Bertz CT molecular complexity index is 5460. The van der Waals surface area contributed by atoms with Crippen molar-refractivity contribution >= 4 is 146 Å². The molecule has 0 radical (unpaired) electrons. The third-order valence-corrected chi connectivity index (χ3v) is 27.6. The van der Waals surface area contributed by atoms with Crippen LogP contribution in [0.2, 0.25) is 0 Å². The Morgan fingerprint density at radius 3 is 1.65 bits per heavy atom. The molecule has 6 heterocycles. The Hall–Kier alpha value is -12.9. The number of nitrogens with one attached hydrogen (secondary N) is 11. The molecule has 40 nitrogen and oxygen atoms in total. The van der Waals surface area contributed by atoms with Crippen LogP contribution < -0.4 is 58.9 Å². The molecule has 9 rings (SSSR count). The first-order valence-corrected chi connectivity index (χ1v) is 51.0. The summed E-state index contributed by atoms with van der Waals surface area (Å²) in [5.74, 6) is -19.9. The van der Waals surface area contributed by atoms with Gasteiger partial charge in [0, 0.05) is 123 Å². The van der Waals surface area contributed by atoms with Gasteiger partial charge in [-0.25, -0.2) is 4.39 Å². The number of hydrogen-bond donors (Lipinski definition) is 15. The van der Waals surface area contributed by atoms with Crippen molar-refractivity contribution in [2.75, 3.05) is 51.8 Å². The molecule has 42 heteroatoms. The van der Waals surface area contributed by atoms with Crippen LogP contribution in [0.15, 0.2) is 85.2 Å². The number of nitrogens with two attached hydrogens (primary N) is 1. The summed E-state index contributed by atoms with van der Waals surface area (Å²) in [6.45, 7) is 18.9. The molecular weight excluding hydrogens is 1880 g/mol. The van der Waals surface area contributed by atoms with Crippen LogP contribution in [0.25, 0.3) is 21.8 Å². The number of carbonyl (C=O) groups is 19. The highest BCUT2D eigenvalue weighted by Gasteiger charge is 2.48. The van der Waals surface area contributed by atoms with E-state index in [4.69, 9.17) is 5.73 Å². The molecule has 16 amide bonds. The summed E-state index contributed by atoms with van der Waals surface area (Å²) in [7, 11) is 2.70. The number of aliphatic carboxylic acids is 2. The van der Waals surface area contributed by atoms with Crippen molar-refractivity contribution in [2.45, 2.75) is 315 Å². The van der Waals surface area contributed by atoms with E-state index in [1.165, 1.54) is 46.8 Å². The molecule has 4 saturated heterocycles. The molecule has 2 aromatic heterocycles. The van der Waals surface area contributed by atoms with Crippen molar-refractivity contribution in [1.29, 1.82) is 0 Å². The zero-order valence-corrected chi connectivity index (χ0v) is 85.7. The molecule has 4 fully saturated rings. The molecule has 0 aliphatic carbocycles. The number of aromatic amines is 1. The number of nitrogens with zero attached hydrogens (tertiary/aromatic N) is 6. The number of Topliss-reactive ketones (excluding diaryl/α,β-unsaturated/α-hetero) is 1. The minimum absolute atomic E-state index is 0.00634. The van der Waals surface area contributed by atoms with Gasteiger partial charge in [-0.3, -0.25) is 91.1 Å².